The van der Waals surface area contributed by atoms with Gasteiger partial charge in [0.1, 0.15) is 0 Å². The summed E-state index contributed by atoms with van der Waals surface area (Å²) in [5, 5.41) is 3.63. The molecule has 0 amide bonds. The van der Waals surface area contributed by atoms with Gasteiger partial charge in [-0.25, -0.2) is 0 Å². The second-order valence-electron chi connectivity index (χ2n) is 6.57. The molecule has 2 aliphatic rings. The van der Waals surface area contributed by atoms with Crippen molar-refractivity contribution in [1.82, 2.24) is 10.2 Å². The van der Waals surface area contributed by atoms with Crippen LogP contribution in [0.2, 0.25) is 0 Å². The van der Waals surface area contributed by atoms with Crippen LogP contribution in [0.25, 0.3) is 0 Å². The molecule has 2 saturated carbocycles. The predicted molar refractivity (Wildman–Crippen MR) is 87.2 cm³/mol. The highest BCUT2D eigenvalue weighted by molar-refractivity contribution is 7.12. The second-order valence-corrected chi connectivity index (χ2v) is 7.91. The summed E-state index contributed by atoms with van der Waals surface area (Å²) in [7, 11) is 0. The zero-order chi connectivity index (χ0) is 13.9. The van der Waals surface area contributed by atoms with Crippen molar-refractivity contribution in [3.05, 3.63) is 21.4 Å². The van der Waals surface area contributed by atoms with Crippen LogP contribution in [0, 0.1) is 12.8 Å². The summed E-state index contributed by atoms with van der Waals surface area (Å²) in [5.74, 6) is 0.977. The Morgan fingerprint density at radius 1 is 1.30 bits per heavy atom. The maximum absolute atomic E-state index is 3.63. The summed E-state index contributed by atoms with van der Waals surface area (Å²) in [6.45, 7) is 9.31. The lowest BCUT2D eigenvalue weighted by molar-refractivity contribution is 0.178. The normalized spacial score (nSPS) is 19.6. The Kier molecular flexibility index (Phi) is 4.79. The van der Waals surface area contributed by atoms with E-state index in [0.717, 1.165) is 25.0 Å². The van der Waals surface area contributed by atoms with Gasteiger partial charge in [0.15, 0.2) is 0 Å². The Hall–Kier alpha value is -0.380. The molecule has 3 heteroatoms. The summed E-state index contributed by atoms with van der Waals surface area (Å²) < 4.78 is 0. The van der Waals surface area contributed by atoms with Gasteiger partial charge < -0.3 is 5.32 Å². The van der Waals surface area contributed by atoms with E-state index in [1.165, 1.54) is 54.9 Å². The first-order valence-corrected chi connectivity index (χ1v) is 9.10. The predicted octanol–water partition coefficient (Wildman–Crippen LogP) is 3.93. The molecule has 0 unspecified atom stereocenters. The van der Waals surface area contributed by atoms with E-state index in [2.05, 4.69) is 30.1 Å². The van der Waals surface area contributed by atoms with Crippen LogP contribution in [0.5, 0.6) is 0 Å². The molecule has 0 bridgehead atoms. The molecule has 0 atom stereocenters. The van der Waals surface area contributed by atoms with Crippen LogP contribution in [0.4, 0.5) is 0 Å². The van der Waals surface area contributed by atoms with Crippen LogP contribution >= 0.6 is 11.3 Å². The number of nitrogens with one attached hydrogen (secondary N) is 1. The fraction of sp³-hybridized carbons (Fsp3) is 0.765. The van der Waals surface area contributed by atoms with Crippen molar-refractivity contribution in [3.63, 3.8) is 0 Å². The Balaban J connectivity index is 1.53. The molecular weight excluding hydrogens is 264 g/mol. The molecule has 3 rings (SSSR count). The van der Waals surface area contributed by atoms with Crippen molar-refractivity contribution in [2.75, 3.05) is 13.1 Å². The Morgan fingerprint density at radius 3 is 2.70 bits per heavy atom. The van der Waals surface area contributed by atoms with Crippen molar-refractivity contribution in [2.45, 2.75) is 65.1 Å². The maximum Gasteiger partial charge on any atom is 0.0302 e. The Morgan fingerprint density at radius 2 is 2.10 bits per heavy atom. The smallest absolute Gasteiger partial charge is 0.0302 e. The summed E-state index contributed by atoms with van der Waals surface area (Å²) in [5.41, 5.74) is 1.56. The molecule has 2 nitrogen and oxygen atoms in total. The van der Waals surface area contributed by atoms with E-state index >= 15 is 0 Å². The van der Waals surface area contributed by atoms with Crippen molar-refractivity contribution < 1.29 is 0 Å². The van der Waals surface area contributed by atoms with Crippen molar-refractivity contribution in [1.29, 1.82) is 0 Å². The first-order valence-electron chi connectivity index (χ1n) is 8.28. The SMILES string of the molecule is CCN(Cc1cc(CNC2CC2)sc1C)CC1CCC1. The Labute approximate surface area is 127 Å². The lowest BCUT2D eigenvalue weighted by atomic mass is 9.85. The molecule has 112 valence electrons. The average Bonchev–Trinajstić information content (AvgIpc) is 3.15. The summed E-state index contributed by atoms with van der Waals surface area (Å²) >= 11 is 1.99. The number of aryl methyl sites for hydroxylation is 1. The zero-order valence-corrected chi connectivity index (χ0v) is 13.8. The third-order valence-corrected chi connectivity index (χ3v) is 5.89. The third-order valence-electron chi connectivity index (χ3n) is 4.80. The lowest BCUT2D eigenvalue weighted by Crippen LogP contribution is -2.32. The Bertz CT molecular complexity index is 432. The van der Waals surface area contributed by atoms with E-state index in [-0.39, 0.29) is 0 Å². The van der Waals surface area contributed by atoms with Gasteiger partial charge in [0.05, 0.1) is 0 Å². The summed E-state index contributed by atoms with van der Waals surface area (Å²) in [6, 6.07) is 3.25. The van der Waals surface area contributed by atoms with E-state index in [4.69, 9.17) is 0 Å². The highest BCUT2D eigenvalue weighted by Crippen LogP contribution is 2.29. The van der Waals surface area contributed by atoms with E-state index in [0.29, 0.717) is 0 Å². The highest BCUT2D eigenvalue weighted by Gasteiger charge is 2.22. The fourth-order valence-corrected chi connectivity index (χ4v) is 3.96. The van der Waals surface area contributed by atoms with Gasteiger partial charge in [0, 0.05) is 35.4 Å². The molecule has 0 spiro atoms. The first-order chi connectivity index (χ1) is 9.74. The van der Waals surface area contributed by atoms with Crippen LogP contribution < -0.4 is 5.32 Å². The number of rotatable bonds is 8. The van der Waals surface area contributed by atoms with Gasteiger partial charge in [-0.2, -0.15) is 0 Å². The van der Waals surface area contributed by atoms with Crippen molar-refractivity contribution >= 4 is 11.3 Å². The van der Waals surface area contributed by atoms with E-state index in [1.54, 1.807) is 5.56 Å². The molecule has 20 heavy (non-hydrogen) atoms. The second kappa shape index (κ2) is 6.59. The standard InChI is InChI=1S/C17H28N2S/c1-3-19(11-14-5-4-6-14)12-15-9-17(20-13(15)2)10-18-16-7-8-16/h9,14,16,18H,3-8,10-12H2,1-2H3. The van der Waals surface area contributed by atoms with Crippen LogP contribution in [-0.2, 0) is 13.1 Å². The quantitative estimate of drug-likeness (QED) is 0.781. The van der Waals surface area contributed by atoms with Gasteiger partial charge in [0.2, 0.25) is 0 Å². The molecule has 1 N–H and O–H groups in total. The molecule has 0 aromatic carbocycles. The van der Waals surface area contributed by atoms with Gasteiger partial charge in [-0.1, -0.05) is 13.3 Å². The van der Waals surface area contributed by atoms with E-state index in [9.17, 15) is 0 Å². The molecule has 0 saturated heterocycles. The zero-order valence-electron chi connectivity index (χ0n) is 13.0. The topological polar surface area (TPSA) is 15.3 Å². The molecule has 1 aromatic rings. The van der Waals surface area contributed by atoms with Crippen molar-refractivity contribution in [2.24, 2.45) is 5.92 Å². The number of thiophene rings is 1. The third kappa shape index (κ3) is 3.84. The van der Waals surface area contributed by atoms with Crippen LogP contribution in [0.15, 0.2) is 6.07 Å². The monoisotopic (exact) mass is 292 g/mol. The first kappa shape index (κ1) is 14.6. The molecule has 2 aliphatic carbocycles. The minimum absolute atomic E-state index is 0.812. The van der Waals surface area contributed by atoms with E-state index in [1.807, 2.05) is 11.3 Å². The number of hydrogen-bond donors (Lipinski definition) is 1. The van der Waals surface area contributed by atoms with Crippen LogP contribution in [0.1, 0.15) is 54.3 Å². The minimum Gasteiger partial charge on any atom is -0.309 e. The van der Waals surface area contributed by atoms with Crippen molar-refractivity contribution in [3.8, 4) is 0 Å². The highest BCUT2D eigenvalue weighted by atomic mass is 32.1. The largest absolute Gasteiger partial charge is 0.309 e. The van der Waals surface area contributed by atoms with Crippen LogP contribution in [0.3, 0.4) is 0 Å². The molecule has 1 heterocycles. The van der Waals surface area contributed by atoms with Crippen LogP contribution in [-0.4, -0.2) is 24.0 Å². The lowest BCUT2D eigenvalue weighted by Gasteiger charge is -2.31. The van der Waals surface area contributed by atoms with Gasteiger partial charge in [0.25, 0.3) is 0 Å². The molecular formula is C17H28N2S. The molecule has 2 fully saturated rings. The molecule has 0 aliphatic heterocycles. The molecule has 0 radical (unpaired) electrons. The van der Waals surface area contributed by atoms with Gasteiger partial charge in [-0.3, -0.25) is 4.90 Å². The average molecular weight is 292 g/mol. The number of hydrogen-bond acceptors (Lipinski definition) is 3. The summed E-state index contributed by atoms with van der Waals surface area (Å²) in [6.07, 6.45) is 7.12. The van der Waals surface area contributed by atoms with Gasteiger partial charge in [-0.15, -0.1) is 11.3 Å². The summed E-state index contributed by atoms with van der Waals surface area (Å²) in [4.78, 5) is 5.67. The van der Waals surface area contributed by atoms with Gasteiger partial charge in [-0.05, 0) is 56.7 Å². The number of nitrogens with zero attached hydrogens (tertiary/aromatic N) is 1. The van der Waals surface area contributed by atoms with Gasteiger partial charge >= 0.3 is 0 Å². The maximum atomic E-state index is 3.63. The molecule has 1 aromatic heterocycles. The van der Waals surface area contributed by atoms with E-state index < -0.39 is 0 Å². The fourth-order valence-electron chi connectivity index (χ4n) is 2.95. The minimum atomic E-state index is 0.812.